The van der Waals surface area contributed by atoms with Gasteiger partial charge in [0, 0.05) is 13.3 Å². The molecular formula is C12H14N2O3. The molecule has 0 aliphatic heterocycles. The molecule has 0 radical (unpaired) electrons. The molecule has 1 aromatic rings. The summed E-state index contributed by atoms with van der Waals surface area (Å²) in [6.07, 6.45) is 3.28. The van der Waals surface area contributed by atoms with Crippen LogP contribution >= 0.6 is 0 Å². The molecule has 0 bridgehead atoms. The van der Waals surface area contributed by atoms with Crippen LogP contribution in [0.4, 0.5) is 0 Å². The van der Waals surface area contributed by atoms with Crippen molar-refractivity contribution < 1.29 is 14.3 Å². The molecule has 0 aromatic carbocycles. The minimum Gasteiger partial charge on any atom is -0.479 e. The fourth-order valence-corrected chi connectivity index (χ4v) is 0.990. The zero-order valence-corrected chi connectivity index (χ0v) is 9.60. The Morgan fingerprint density at radius 3 is 3.12 bits per heavy atom. The molecule has 0 aliphatic rings. The molecule has 5 nitrogen and oxygen atoms in total. The maximum Gasteiger partial charge on any atom is 0.246 e. The van der Waals surface area contributed by atoms with Gasteiger partial charge in [-0.2, -0.15) is 0 Å². The quantitative estimate of drug-likeness (QED) is 0.741. The summed E-state index contributed by atoms with van der Waals surface area (Å²) < 4.78 is 9.93. The molecule has 0 aliphatic carbocycles. The Hall–Kier alpha value is -2.06. The molecule has 0 unspecified atom stereocenters. The number of amides is 1. The van der Waals surface area contributed by atoms with Crippen LogP contribution in [0.25, 0.3) is 0 Å². The van der Waals surface area contributed by atoms with Crippen LogP contribution in [0.3, 0.4) is 0 Å². The Balaban J connectivity index is 2.13. The minimum absolute atomic E-state index is 0.0495. The first-order valence-corrected chi connectivity index (χ1v) is 5.07. The lowest BCUT2D eigenvalue weighted by atomic mass is 10.5. The standard InChI is InChI=1S/C12H14N2O3/c1-16-10-12(15)14-7-2-3-8-17-11-5-4-6-13-9-11/h4-6,9H,7-8,10H2,1H3,(H,14,15). The number of hydrogen-bond donors (Lipinski definition) is 1. The number of nitrogens with zero attached hydrogens (tertiary/aromatic N) is 1. The van der Waals surface area contributed by atoms with Crippen LogP contribution in [0.5, 0.6) is 5.75 Å². The van der Waals surface area contributed by atoms with E-state index in [1.807, 2.05) is 0 Å². The first kappa shape index (κ1) is 13.0. The van der Waals surface area contributed by atoms with Crippen LogP contribution in [0, 0.1) is 11.8 Å². The molecule has 17 heavy (non-hydrogen) atoms. The Bertz CT molecular complexity index is 395. The van der Waals surface area contributed by atoms with Crippen molar-refractivity contribution >= 4 is 5.91 Å². The predicted octanol–water partition coefficient (Wildman–Crippen LogP) is 0.226. The van der Waals surface area contributed by atoms with E-state index < -0.39 is 0 Å². The number of carbonyl (C=O) groups is 1. The van der Waals surface area contributed by atoms with Gasteiger partial charge in [0.25, 0.3) is 0 Å². The number of carbonyl (C=O) groups excluding carboxylic acids is 1. The highest BCUT2D eigenvalue weighted by atomic mass is 16.5. The second-order valence-corrected chi connectivity index (χ2v) is 3.04. The van der Waals surface area contributed by atoms with Gasteiger partial charge in [-0.15, -0.1) is 0 Å². The van der Waals surface area contributed by atoms with E-state index in [-0.39, 0.29) is 19.1 Å². The van der Waals surface area contributed by atoms with Gasteiger partial charge in [-0.05, 0) is 12.1 Å². The smallest absolute Gasteiger partial charge is 0.246 e. The number of nitrogens with one attached hydrogen (secondary N) is 1. The van der Waals surface area contributed by atoms with Crippen molar-refractivity contribution in [1.29, 1.82) is 0 Å². The number of rotatable bonds is 5. The third-order valence-electron chi connectivity index (χ3n) is 1.72. The molecule has 90 valence electrons. The third kappa shape index (κ3) is 6.17. The highest BCUT2D eigenvalue weighted by molar-refractivity contribution is 5.77. The Labute approximate surface area is 100 Å². The van der Waals surface area contributed by atoms with Crippen LogP contribution in [-0.2, 0) is 9.53 Å². The van der Waals surface area contributed by atoms with Crippen LogP contribution in [0.2, 0.25) is 0 Å². The van der Waals surface area contributed by atoms with Crippen molar-refractivity contribution in [2.24, 2.45) is 0 Å². The molecule has 1 N–H and O–H groups in total. The Kier molecular flexibility index (Phi) is 6.22. The highest BCUT2D eigenvalue weighted by Gasteiger charge is 1.95. The van der Waals surface area contributed by atoms with E-state index in [1.54, 1.807) is 24.5 Å². The lowest BCUT2D eigenvalue weighted by Gasteiger charge is -1.99. The lowest BCUT2D eigenvalue weighted by Crippen LogP contribution is -2.27. The molecule has 1 rings (SSSR count). The average molecular weight is 234 g/mol. The van der Waals surface area contributed by atoms with Gasteiger partial charge in [0.1, 0.15) is 19.0 Å². The van der Waals surface area contributed by atoms with Gasteiger partial charge < -0.3 is 14.8 Å². The third-order valence-corrected chi connectivity index (χ3v) is 1.72. The second kappa shape index (κ2) is 8.13. The van der Waals surface area contributed by atoms with Gasteiger partial charge in [0.05, 0.1) is 12.7 Å². The zero-order chi connectivity index (χ0) is 12.3. The lowest BCUT2D eigenvalue weighted by molar-refractivity contribution is -0.124. The fraction of sp³-hybridized carbons (Fsp3) is 0.333. The molecule has 0 atom stereocenters. The number of hydrogen-bond acceptors (Lipinski definition) is 4. The van der Waals surface area contributed by atoms with E-state index in [0.717, 1.165) is 0 Å². The normalized spacial score (nSPS) is 9.00. The van der Waals surface area contributed by atoms with E-state index in [1.165, 1.54) is 7.11 Å². The maximum atomic E-state index is 11.0. The SMILES string of the molecule is COCC(=O)NCC#CCOc1cccnc1. The zero-order valence-electron chi connectivity index (χ0n) is 9.60. The minimum atomic E-state index is -0.185. The summed E-state index contributed by atoms with van der Waals surface area (Å²) in [5, 5.41) is 2.58. The van der Waals surface area contributed by atoms with Crippen LogP contribution in [0.15, 0.2) is 24.5 Å². The topological polar surface area (TPSA) is 60.5 Å². The molecule has 0 fully saturated rings. The first-order chi connectivity index (χ1) is 8.33. The second-order valence-electron chi connectivity index (χ2n) is 3.04. The molecule has 0 saturated heterocycles. The van der Waals surface area contributed by atoms with Gasteiger partial charge in [-0.1, -0.05) is 11.8 Å². The molecule has 0 saturated carbocycles. The molecule has 1 amide bonds. The molecule has 1 heterocycles. The average Bonchev–Trinajstić information content (AvgIpc) is 2.35. The van der Waals surface area contributed by atoms with E-state index in [4.69, 9.17) is 4.74 Å². The summed E-state index contributed by atoms with van der Waals surface area (Å²) in [5.41, 5.74) is 0. The maximum absolute atomic E-state index is 11.0. The molecular weight excluding hydrogens is 220 g/mol. The Morgan fingerprint density at radius 2 is 2.41 bits per heavy atom. The van der Waals surface area contributed by atoms with Gasteiger partial charge in [-0.25, -0.2) is 0 Å². The molecule has 1 aromatic heterocycles. The number of pyridine rings is 1. The predicted molar refractivity (Wildman–Crippen MR) is 62.4 cm³/mol. The highest BCUT2D eigenvalue weighted by Crippen LogP contribution is 2.04. The van der Waals surface area contributed by atoms with E-state index in [0.29, 0.717) is 12.3 Å². The van der Waals surface area contributed by atoms with E-state index >= 15 is 0 Å². The summed E-state index contributed by atoms with van der Waals surface area (Å²) in [6, 6.07) is 3.59. The van der Waals surface area contributed by atoms with Gasteiger partial charge in [0.2, 0.25) is 5.91 Å². The van der Waals surface area contributed by atoms with Crippen molar-refractivity contribution in [1.82, 2.24) is 10.3 Å². The van der Waals surface area contributed by atoms with E-state index in [2.05, 4.69) is 26.9 Å². The van der Waals surface area contributed by atoms with E-state index in [9.17, 15) is 4.79 Å². The van der Waals surface area contributed by atoms with Crippen molar-refractivity contribution in [3.8, 4) is 17.6 Å². The van der Waals surface area contributed by atoms with Crippen LogP contribution in [0.1, 0.15) is 0 Å². The summed E-state index contributed by atoms with van der Waals surface area (Å²) >= 11 is 0. The van der Waals surface area contributed by atoms with Crippen molar-refractivity contribution in [2.75, 3.05) is 26.9 Å². The summed E-state index contributed by atoms with van der Waals surface area (Å²) in [7, 11) is 1.47. The Morgan fingerprint density at radius 1 is 1.53 bits per heavy atom. The van der Waals surface area contributed by atoms with Crippen molar-refractivity contribution in [3.63, 3.8) is 0 Å². The number of aromatic nitrogens is 1. The number of methoxy groups -OCH3 is 1. The van der Waals surface area contributed by atoms with Crippen LogP contribution < -0.4 is 10.1 Å². The van der Waals surface area contributed by atoms with Crippen molar-refractivity contribution in [3.05, 3.63) is 24.5 Å². The van der Waals surface area contributed by atoms with Gasteiger partial charge in [-0.3, -0.25) is 9.78 Å². The molecule has 0 spiro atoms. The summed E-state index contributed by atoms with van der Waals surface area (Å²) in [4.78, 5) is 14.9. The van der Waals surface area contributed by atoms with Crippen LogP contribution in [-0.4, -0.2) is 37.8 Å². The van der Waals surface area contributed by atoms with Gasteiger partial charge in [0.15, 0.2) is 0 Å². The molecule has 5 heteroatoms. The largest absolute Gasteiger partial charge is 0.479 e. The number of ether oxygens (including phenoxy) is 2. The summed E-state index contributed by atoms with van der Waals surface area (Å²) in [5.74, 6) is 6.02. The van der Waals surface area contributed by atoms with Gasteiger partial charge >= 0.3 is 0 Å². The first-order valence-electron chi connectivity index (χ1n) is 5.07. The fourth-order valence-electron chi connectivity index (χ4n) is 0.990. The monoisotopic (exact) mass is 234 g/mol. The summed E-state index contributed by atoms with van der Waals surface area (Å²) in [6.45, 7) is 0.609. The van der Waals surface area contributed by atoms with Crippen molar-refractivity contribution in [2.45, 2.75) is 0 Å².